The first-order chi connectivity index (χ1) is 5.02. The molecule has 0 fully saturated rings. The Morgan fingerprint density at radius 1 is 1.45 bits per heavy atom. The van der Waals surface area contributed by atoms with Gasteiger partial charge in [0.1, 0.15) is 0 Å². The number of nitrogens with two attached hydrogens (primary N) is 1. The van der Waals surface area contributed by atoms with Crippen LogP contribution in [0, 0.1) is 11.3 Å². The smallest absolute Gasteiger partial charge is 0.00513 e. The molecule has 1 unspecified atom stereocenters. The van der Waals surface area contributed by atoms with Crippen molar-refractivity contribution in [2.24, 2.45) is 17.1 Å². The van der Waals surface area contributed by atoms with Gasteiger partial charge in [0.15, 0.2) is 0 Å². The first-order valence-corrected chi connectivity index (χ1v) is 4.96. The van der Waals surface area contributed by atoms with Gasteiger partial charge in [-0.25, -0.2) is 0 Å². The summed E-state index contributed by atoms with van der Waals surface area (Å²) in [6.45, 7) is 7.58. The topological polar surface area (TPSA) is 26.0 Å². The lowest BCUT2D eigenvalue weighted by atomic mass is 9.81. The molecule has 0 aromatic rings. The monoisotopic (exact) mass is 175 g/mol. The first kappa shape index (κ1) is 11.3. The van der Waals surface area contributed by atoms with Gasteiger partial charge in [0.25, 0.3) is 0 Å². The maximum absolute atomic E-state index is 5.56. The van der Waals surface area contributed by atoms with Crippen LogP contribution in [0.15, 0.2) is 0 Å². The Hall–Kier alpha value is 0.310. The van der Waals surface area contributed by atoms with Crippen LogP contribution < -0.4 is 5.73 Å². The summed E-state index contributed by atoms with van der Waals surface area (Å²) in [5, 5.41) is 0. The molecule has 1 nitrogen and oxygen atoms in total. The van der Waals surface area contributed by atoms with E-state index < -0.39 is 0 Å². The van der Waals surface area contributed by atoms with Gasteiger partial charge in [-0.05, 0) is 36.5 Å². The highest BCUT2D eigenvalue weighted by atomic mass is 32.1. The third-order valence-electron chi connectivity index (χ3n) is 2.09. The molecule has 2 N–H and O–H groups in total. The Balaban J connectivity index is 3.70. The van der Waals surface area contributed by atoms with Crippen molar-refractivity contribution in [1.29, 1.82) is 0 Å². The van der Waals surface area contributed by atoms with Crippen molar-refractivity contribution in [1.82, 2.24) is 0 Å². The van der Waals surface area contributed by atoms with Gasteiger partial charge in [0.2, 0.25) is 0 Å². The van der Waals surface area contributed by atoms with Crippen molar-refractivity contribution < 1.29 is 0 Å². The van der Waals surface area contributed by atoms with Crippen molar-refractivity contribution in [2.75, 3.05) is 12.3 Å². The fourth-order valence-electron chi connectivity index (χ4n) is 1.43. The lowest BCUT2D eigenvalue weighted by Crippen LogP contribution is -2.21. The van der Waals surface area contributed by atoms with Crippen LogP contribution >= 0.6 is 12.6 Å². The van der Waals surface area contributed by atoms with Crippen LogP contribution in [0.3, 0.4) is 0 Å². The molecule has 0 heterocycles. The average molecular weight is 175 g/mol. The third kappa shape index (κ3) is 5.57. The molecule has 2 heteroatoms. The van der Waals surface area contributed by atoms with Crippen molar-refractivity contribution >= 4 is 12.6 Å². The second-order valence-corrected chi connectivity index (χ2v) is 4.63. The van der Waals surface area contributed by atoms with Crippen molar-refractivity contribution in [3.05, 3.63) is 0 Å². The molecule has 0 saturated heterocycles. The summed E-state index contributed by atoms with van der Waals surface area (Å²) in [6.07, 6.45) is 2.39. The fraction of sp³-hybridized carbons (Fsp3) is 1.00. The highest BCUT2D eigenvalue weighted by Gasteiger charge is 2.19. The van der Waals surface area contributed by atoms with E-state index in [1.807, 2.05) is 0 Å². The van der Waals surface area contributed by atoms with E-state index in [0.717, 1.165) is 12.3 Å². The summed E-state index contributed by atoms with van der Waals surface area (Å²) >= 11 is 4.23. The Bertz CT molecular complexity index is 102. The van der Waals surface area contributed by atoms with E-state index in [9.17, 15) is 0 Å². The van der Waals surface area contributed by atoms with E-state index in [0.29, 0.717) is 11.3 Å². The molecule has 0 bridgehead atoms. The number of hydrogen-bond acceptors (Lipinski definition) is 2. The Kier molecular flexibility index (Phi) is 5.19. The van der Waals surface area contributed by atoms with E-state index in [-0.39, 0.29) is 0 Å². The zero-order chi connectivity index (χ0) is 8.91. The van der Waals surface area contributed by atoms with Gasteiger partial charge >= 0.3 is 0 Å². The van der Waals surface area contributed by atoms with Crippen LogP contribution in [-0.2, 0) is 0 Å². The van der Waals surface area contributed by atoms with Gasteiger partial charge < -0.3 is 5.73 Å². The summed E-state index contributed by atoms with van der Waals surface area (Å²) in [5.41, 5.74) is 5.97. The maximum atomic E-state index is 5.56. The standard InChI is InChI=1S/C9H21NS/c1-8(7-10)6-9(2,3)4-5-11/h8,11H,4-7,10H2,1-3H3. The lowest BCUT2D eigenvalue weighted by molar-refractivity contribution is 0.273. The summed E-state index contributed by atoms with van der Waals surface area (Å²) in [5.74, 6) is 1.62. The Morgan fingerprint density at radius 3 is 2.36 bits per heavy atom. The van der Waals surface area contributed by atoms with Crippen LogP contribution in [-0.4, -0.2) is 12.3 Å². The molecule has 0 amide bonds. The van der Waals surface area contributed by atoms with Gasteiger partial charge in [0.05, 0.1) is 0 Å². The summed E-state index contributed by atoms with van der Waals surface area (Å²) in [6, 6.07) is 0. The highest BCUT2D eigenvalue weighted by Crippen LogP contribution is 2.28. The largest absolute Gasteiger partial charge is 0.330 e. The minimum absolute atomic E-state index is 0.417. The third-order valence-corrected chi connectivity index (χ3v) is 2.32. The molecular formula is C9H21NS. The first-order valence-electron chi connectivity index (χ1n) is 4.33. The molecule has 68 valence electrons. The van der Waals surface area contributed by atoms with E-state index in [2.05, 4.69) is 33.4 Å². The Labute approximate surface area is 76.2 Å². The van der Waals surface area contributed by atoms with E-state index in [1.54, 1.807) is 0 Å². The Morgan fingerprint density at radius 2 is 2.00 bits per heavy atom. The van der Waals surface area contributed by atoms with E-state index in [4.69, 9.17) is 5.73 Å². The van der Waals surface area contributed by atoms with Crippen molar-refractivity contribution in [2.45, 2.75) is 33.6 Å². The normalized spacial score (nSPS) is 15.0. The van der Waals surface area contributed by atoms with Gasteiger partial charge in [0, 0.05) is 0 Å². The molecule has 0 rings (SSSR count). The zero-order valence-electron chi connectivity index (χ0n) is 7.93. The van der Waals surface area contributed by atoms with Gasteiger partial charge in [-0.3, -0.25) is 0 Å². The van der Waals surface area contributed by atoms with Crippen LogP contribution in [0.5, 0.6) is 0 Å². The van der Waals surface area contributed by atoms with Crippen LogP contribution in [0.2, 0.25) is 0 Å². The molecular weight excluding hydrogens is 154 g/mol. The quantitative estimate of drug-likeness (QED) is 0.616. The average Bonchev–Trinajstić information content (AvgIpc) is 1.86. The van der Waals surface area contributed by atoms with Crippen LogP contribution in [0.25, 0.3) is 0 Å². The molecule has 0 spiro atoms. The van der Waals surface area contributed by atoms with E-state index in [1.165, 1.54) is 12.8 Å². The molecule has 0 aliphatic rings. The van der Waals surface area contributed by atoms with Gasteiger partial charge in [-0.1, -0.05) is 20.8 Å². The minimum atomic E-state index is 0.417. The molecule has 0 aliphatic heterocycles. The second kappa shape index (κ2) is 5.04. The molecule has 1 atom stereocenters. The van der Waals surface area contributed by atoms with Gasteiger partial charge in [-0.15, -0.1) is 0 Å². The fourth-order valence-corrected chi connectivity index (χ4v) is 2.04. The number of hydrogen-bond donors (Lipinski definition) is 2. The van der Waals surface area contributed by atoms with Crippen LogP contribution in [0.4, 0.5) is 0 Å². The van der Waals surface area contributed by atoms with Crippen LogP contribution in [0.1, 0.15) is 33.6 Å². The molecule has 0 aromatic heterocycles. The van der Waals surface area contributed by atoms with Crippen molar-refractivity contribution in [3.8, 4) is 0 Å². The molecule has 0 aliphatic carbocycles. The lowest BCUT2D eigenvalue weighted by Gasteiger charge is -2.26. The second-order valence-electron chi connectivity index (χ2n) is 4.18. The highest BCUT2D eigenvalue weighted by molar-refractivity contribution is 7.80. The SMILES string of the molecule is CC(CN)CC(C)(C)CCS. The number of rotatable bonds is 5. The molecule has 0 saturated carbocycles. The summed E-state index contributed by atoms with van der Waals surface area (Å²) in [7, 11) is 0. The number of thiol groups is 1. The summed E-state index contributed by atoms with van der Waals surface area (Å²) in [4.78, 5) is 0. The molecule has 11 heavy (non-hydrogen) atoms. The van der Waals surface area contributed by atoms with Gasteiger partial charge in [-0.2, -0.15) is 12.6 Å². The molecule has 0 radical (unpaired) electrons. The predicted octanol–water partition coefficient (Wildman–Crippen LogP) is 2.32. The van der Waals surface area contributed by atoms with E-state index >= 15 is 0 Å². The maximum Gasteiger partial charge on any atom is -0.00513 e. The zero-order valence-corrected chi connectivity index (χ0v) is 8.82. The minimum Gasteiger partial charge on any atom is -0.330 e. The predicted molar refractivity (Wildman–Crippen MR) is 55.1 cm³/mol. The van der Waals surface area contributed by atoms with Crippen molar-refractivity contribution in [3.63, 3.8) is 0 Å². The molecule has 0 aromatic carbocycles. The summed E-state index contributed by atoms with van der Waals surface area (Å²) < 4.78 is 0.